The van der Waals surface area contributed by atoms with E-state index in [-0.39, 0.29) is 5.91 Å². The number of para-hydroxylation sites is 2. The number of hydrogen-bond donors (Lipinski definition) is 1. The maximum atomic E-state index is 12.2. The molecule has 0 saturated carbocycles. The van der Waals surface area contributed by atoms with Gasteiger partial charge in [-0.15, -0.1) is 0 Å². The molecule has 1 atom stereocenters. The van der Waals surface area contributed by atoms with Crippen molar-refractivity contribution in [1.29, 1.82) is 0 Å². The minimum absolute atomic E-state index is 0.192. The van der Waals surface area contributed by atoms with Crippen LogP contribution in [0.1, 0.15) is 19.4 Å². The smallest absolute Gasteiger partial charge is 0.261 e. The number of amides is 1. The monoisotopic (exact) mass is 329 g/mol. The van der Waals surface area contributed by atoms with E-state index < -0.39 is 6.10 Å². The van der Waals surface area contributed by atoms with E-state index in [2.05, 4.69) is 5.32 Å². The summed E-state index contributed by atoms with van der Waals surface area (Å²) in [7, 11) is 1.57. The number of methoxy groups -OCH3 is 1. The van der Waals surface area contributed by atoms with Crippen molar-refractivity contribution in [3.63, 3.8) is 0 Å². The molecule has 0 fully saturated rings. The highest BCUT2D eigenvalue weighted by Crippen LogP contribution is 2.26. The van der Waals surface area contributed by atoms with Crippen LogP contribution in [0.2, 0.25) is 0 Å². The van der Waals surface area contributed by atoms with E-state index in [0.29, 0.717) is 24.7 Å². The van der Waals surface area contributed by atoms with Crippen molar-refractivity contribution >= 4 is 5.91 Å². The van der Waals surface area contributed by atoms with Gasteiger partial charge in [-0.2, -0.15) is 0 Å². The number of rotatable bonds is 8. The van der Waals surface area contributed by atoms with Crippen molar-refractivity contribution in [3.05, 3.63) is 54.1 Å². The maximum absolute atomic E-state index is 12.2. The van der Waals surface area contributed by atoms with Crippen LogP contribution < -0.4 is 19.5 Å². The Morgan fingerprint density at radius 1 is 1.12 bits per heavy atom. The van der Waals surface area contributed by atoms with Gasteiger partial charge in [0.1, 0.15) is 5.75 Å². The first kappa shape index (κ1) is 17.7. The Labute approximate surface area is 142 Å². The van der Waals surface area contributed by atoms with E-state index in [4.69, 9.17) is 14.2 Å². The summed E-state index contributed by atoms with van der Waals surface area (Å²) in [6, 6.07) is 14.9. The first-order valence-electron chi connectivity index (χ1n) is 7.93. The lowest BCUT2D eigenvalue weighted by Crippen LogP contribution is -2.35. The number of ether oxygens (including phenoxy) is 3. The van der Waals surface area contributed by atoms with Gasteiger partial charge < -0.3 is 19.5 Å². The Kier molecular flexibility index (Phi) is 6.49. The van der Waals surface area contributed by atoms with E-state index in [1.54, 1.807) is 26.2 Å². The van der Waals surface area contributed by atoms with Crippen molar-refractivity contribution in [2.75, 3.05) is 13.7 Å². The third-order valence-corrected chi connectivity index (χ3v) is 3.42. The van der Waals surface area contributed by atoms with Crippen LogP contribution in [0.3, 0.4) is 0 Å². The zero-order valence-electron chi connectivity index (χ0n) is 14.2. The molecule has 0 radical (unpaired) electrons. The van der Waals surface area contributed by atoms with Gasteiger partial charge in [0.05, 0.1) is 13.7 Å². The summed E-state index contributed by atoms with van der Waals surface area (Å²) in [6.07, 6.45) is -0.628. The fourth-order valence-electron chi connectivity index (χ4n) is 2.20. The van der Waals surface area contributed by atoms with E-state index in [1.807, 2.05) is 43.3 Å². The molecule has 2 aromatic rings. The number of nitrogens with one attached hydrogen (secondary N) is 1. The Hall–Kier alpha value is -2.69. The van der Waals surface area contributed by atoms with E-state index in [0.717, 1.165) is 11.3 Å². The minimum Gasteiger partial charge on any atom is -0.494 e. The predicted octanol–water partition coefficient (Wildman–Crippen LogP) is 3.18. The molecule has 0 heterocycles. The molecular formula is C19H23NO4. The van der Waals surface area contributed by atoms with Gasteiger partial charge in [0.15, 0.2) is 17.6 Å². The summed E-state index contributed by atoms with van der Waals surface area (Å²) in [5.74, 6) is 1.74. The zero-order chi connectivity index (χ0) is 17.4. The molecule has 24 heavy (non-hydrogen) atoms. The number of carbonyl (C=O) groups is 1. The molecule has 0 aromatic heterocycles. The van der Waals surface area contributed by atoms with Gasteiger partial charge >= 0.3 is 0 Å². The normalized spacial score (nSPS) is 11.5. The average molecular weight is 329 g/mol. The molecule has 5 heteroatoms. The van der Waals surface area contributed by atoms with Crippen LogP contribution in [0, 0.1) is 0 Å². The van der Waals surface area contributed by atoms with E-state index in [9.17, 15) is 4.79 Å². The number of hydrogen-bond acceptors (Lipinski definition) is 4. The van der Waals surface area contributed by atoms with Crippen LogP contribution in [0.15, 0.2) is 48.5 Å². The molecule has 128 valence electrons. The number of carbonyl (C=O) groups excluding carboxylic acids is 1. The van der Waals surface area contributed by atoms with E-state index >= 15 is 0 Å². The lowest BCUT2D eigenvalue weighted by molar-refractivity contribution is -0.127. The molecule has 0 saturated heterocycles. The maximum Gasteiger partial charge on any atom is 0.261 e. The molecule has 0 spiro atoms. The Morgan fingerprint density at radius 2 is 1.88 bits per heavy atom. The highest BCUT2D eigenvalue weighted by atomic mass is 16.5. The lowest BCUT2D eigenvalue weighted by atomic mass is 10.2. The topological polar surface area (TPSA) is 56.8 Å². The van der Waals surface area contributed by atoms with Crippen LogP contribution in [0.5, 0.6) is 17.2 Å². The summed E-state index contributed by atoms with van der Waals surface area (Å²) in [5, 5.41) is 2.87. The van der Waals surface area contributed by atoms with Crippen molar-refractivity contribution in [2.45, 2.75) is 26.5 Å². The first-order chi connectivity index (χ1) is 11.6. The van der Waals surface area contributed by atoms with Gasteiger partial charge in [0.25, 0.3) is 5.91 Å². The summed E-state index contributed by atoms with van der Waals surface area (Å²) >= 11 is 0. The van der Waals surface area contributed by atoms with Gasteiger partial charge in [-0.3, -0.25) is 4.79 Å². The van der Waals surface area contributed by atoms with Crippen LogP contribution in [0.4, 0.5) is 0 Å². The quantitative estimate of drug-likeness (QED) is 0.808. The standard InChI is InChI=1S/C19H23NO4/c1-4-23-16-9-7-8-15(12-16)13-20-19(21)14(2)24-18-11-6-5-10-17(18)22-3/h5-12,14H,4,13H2,1-3H3,(H,20,21)/t14-/m1/s1. The van der Waals surface area contributed by atoms with Gasteiger partial charge in [-0.25, -0.2) is 0 Å². The van der Waals surface area contributed by atoms with Gasteiger partial charge in [-0.05, 0) is 43.7 Å². The summed E-state index contributed by atoms with van der Waals surface area (Å²) < 4.78 is 16.4. The molecule has 5 nitrogen and oxygen atoms in total. The fraction of sp³-hybridized carbons (Fsp3) is 0.316. The van der Waals surface area contributed by atoms with Crippen molar-refractivity contribution in [1.82, 2.24) is 5.32 Å². The second-order valence-corrected chi connectivity index (χ2v) is 5.21. The zero-order valence-corrected chi connectivity index (χ0v) is 14.2. The Balaban J connectivity index is 1.91. The molecule has 0 bridgehead atoms. The lowest BCUT2D eigenvalue weighted by Gasteiger charge is -2.16. The molecular weight excluding hydrogens is 306 g/mol. The average Bonchev–Trinajstić information content (AvgIpc) is 2.60. The second-order valence-electron chi connectivity index (χ2n) is 5.21. The number of benzene rings is 2. The van der Waals surface area contributed by atoms with Crippen molar-refractivity contribution in [3.8, 4) is 17.2 Å². The highest BCUT2D eigenvalue weighted by molar-refractivity contribution is 5.80. The molecule has 0 aliphatic carbocycles. The molecule has 0 aliphatic heterocycles. The van der Waals surface area contributed by atoms with E-state index in [1.165, 1.54) is 0 Å². The predicted molar refractivity (Wildman–Crippen MR) is 92.5 cm³/mol. The second kappa shape index (κ2) is 8.82. The molecule has 2 aromatic carbocycles. The third kappa shape index (κ3) is 4.91. The fourth-order valence-corrected chi connectivity index (χ4v) is 2.20. The summed E-state index contributed by atoms with van der Waals surface area (Å²) in [4.78, 5) is 12.2. The Bertz CT molecular complexity index is 672. The first-order valence-corrected chi connectivity index (χ1v) is 7.93. The Morgan fingerprint density at radius 3 is 2.58 bits per heavy atom. The van der Waals surface area contributed by atoms with Crippen LogP contribution in [0.25, 0.3) is 0 Å². The van der Waals surface area contributed by atoms with Gasteiger partial charge in [0, 0.05) is 6.54 Å². The molecule has 1 amide bonds. The summed E-state index contributed by atoms with van der Waals surface area (Å²) in [5.41, 5.74) is 0.971. The van der Waals surface area contributed by atoms with Crippen LogP contribution in [-0.2, 0) is 11.3 Å². The molecule has 0 unspecified atom stereocenters. The SMILES string of the molecule is CCOc1cccc(CNC(=O)[C@@H](C)Oc2ccccc2OC)c1. The highest BCUT2D eigenvalue weighted by Gasteiger charge is 2.16. The van der Waals surface area contributed by atoms with Crippen LogP contribution >= 0.6 is 0 Å². The molecule has 0 aliphatic rings. The van der Waals surface area contributed by atoms with Crippen molar-refractivity contribution < 1.29 is 19.0 Å². The third-order valence-electron chi connectivity index (χ3n) is 3.42. The van der Waals surface area contributed by atoms with Gasteiger partial charge in [-0.1, -0.05) is 24.3 Å². The molecule has 2 rings (SSSR count). The van der Waals surface area contributed by atoms with Crippen LogP contribution in [-0.4, -0.2) is 25.7 Å². The largest absolute Gasteiger partial charge is 0.494 e. The summed E-state index contributed by atoms with van der Waals surface area (Å²) in [6.45, 7) is 4.67. The minimum atomic E-state index is -0.628. The molecule has 1 N–H and O–H groups in total. The van der Waals surface area contributed by atoms with Gasteiger partial charge in [0.2, 0.25) is 0 Å². The van der Waals surface area contributed by atoms with Crippen molar-refractivity contribution in [2.24, 2.45) is 0 Å².